The van der Waals surface area contributed by atoms with Gasteiger partial charge in [-0.1, -0.05) is 22.0 Å². The Bertz CT molecular complexity index is 699. The van der Waals surface area contributed by atoms with E-state index >= 15 is 0 Å². The van der Waals surface area contributed by atoms with Crippen LogP contribution in [0.2, 0.25) is 0 Å². The fourth-order valence-corrected chi connectivity index (χ4v) is 3.63. The second-order valence-electron chi connectivity index (χ2n) is 4.22. The van der Waals surface area contributed by atoms with Crippen LogP contribution in [0, 0.1) is 0 Å². The minimum atomic E-state index is -3.58. The Morgan fingerprint density at radius 2 is 1.80 bits per heavy atom. The molecule has 0 radical (unpaired) electrons. The summed E-state index contributed by atoms with van der Waals surface area (Å²) in [5.74, 6) is 0. The Morgan fingerprint density at radius 1 is 1.15 bits per heavy atom. The van der Waals surface area contributed by atoms with E-state index in [9.17, 15) is 8.42 Å². The van der Waals surface area contributed by atoms with Crippen molar-refractivity contribution in [2.75, 3.05) is 16.6 Å². The second-order valence-corrected chi connectivity index (χ2v) is 7.00. The van der Waals surface area contributed by atoms with Crippen molar-refractivity contribution in [1.29, 1.82) is 0 Å². The minimum Gasteiger partial charge on any atom is -0.399 e. The zero-order valence-corrected chi connectivity index (χ0v) is 13.4. The number of anilines is 2. The molecule has 0 aromatic heterocycles. The third-order valence-corrected chi connectivity index (χ3v) is 5.29. The average molecular weight is 355 g/mol. The molecular weight excluding hydrogens is 340 g/mol. The Labute approximate surface area is 127 Å². The van der Waals surface area contributed by atoms with Gasteiger partial charge >= 0.3 is 0 Å². The monoisotopic (exact) mass is 354 g/mol. The van der Waals surface area contributed by atoms with Crippen LogP contribution in [0.4, 0.5) is 11.4 Å². The molecule has 0 atom stereocenters. The summed E-state index contributed by atoms with van der Waals surface area (Å²) in [6.07, 6.45) is 0. The van der Waals surface area contributed by atoms with Crippen molar-refractivity contribution in [2.45, 2.75) is 11.8 Å². The zero-order chi connectivity index (χ0) is 14.8. The number of hydrogen-bond donors (Lipinski definition) is 1. The van der Waals surface area contributed by atoms with E-state index in [0.29, 0.717) is 17.9 Å². The molecule has 0 unspecified atom stereocenters. The van der Waals surface area contributed by atoms with Crippen molar-refractivity contribution >= 4 is 37.3 Å². The highest BCUT2D eigenvalue weighted by Crippen LogP contribution is 2.25. The first-order valence-corrected chi connectivity index (χ1v) is 8.32. The molecule has 0 spiro atoms. The lowest BCUT2D eigenvalue weighted by molar-refractivity contribution is 0.592. The van der Waals surface area contributed by atoms with Crippen LogP contribution in [0.1, 0.15) is 6.92 Å². The van der Waals surface area contributed by atoms with E-state index in [4.69, 9.17) is 5.73 Å². The van der Waals surface area contributed by atoms with E-state index in [1.807, 2.05) is 0 Å². The number of nitrogen functional groups attached to an aromatic ring is 1. The minimum absolute atomic E-state index is 0.255. The van der Waals surface area contributed by atoms with Crippen molar-refractivity contribution < 1.29 is 8.42 Å². The van der Waals surface area contributed by atoms with Gasteiger partial charge in [0, 0.05) is 16.7 Å². The van der Waals surface area contributed by atoms with Crippen LogP contribution < -0.4 is 10.0 Å². The molecule has 0 aliphatic heterocycles. The van der Waals surface area contributed by atoms with Gasteiger partial charge in [-0.15, -0.1) is 0 Å². The summed E-state index contributed by atoms with van der Waals surface area (Å²) in [5.41, 5.74) is 6.82. The number of benzene rings is 2. The highest BCUT2D eigenvalue weighted by atomic mass is 79.9. The SMILES string of the molecule is CCN(c1cccc(N)c1)S(=O)(=O)c1ccc(Br)cc1. The maximum Gasteiger partial charge on any atom is 0.264 e. The van der Waals surface area contributed by atoms with Crippen LogP contribution in [0.25, 0.3) is 0 Å². The molecule has 0 heterocycles. The summed E-state index contributed by atoms with van der Waals surface area (Å²) in [4.78, 5) is 0.255. The molecule has 2 aromatic carbocycles. The Hall–Kier alpha value is -1.53. The standard InChI is InChI=1S/C14H15BrN2O2S/c1-2-17(13-5-3-4-12(16)10-13)20(18,19)14-8-6-11(15)7-9-14/h3-10H,2,16H2,1H3. The summed E-state index contributed by atoms with van der Waals surface area (Å²) in [6, 6.07) is 13.4. The van der Waals surface area contributed by atoms with Gasteiger partial charge in [-0.3, -0.25) is 4.31 Å². The molecule has 0 saturated carbocycles. The van der Waals surface area contributed by atoms with E-state index < -0.39 is 10.0 Å². The molecule has 2 aromatic rings. The van der Waals surface area contributed by atoms with Crippen LogP contribution in [0.5, 0.6) is 0 Å². The number of nitrogens with zero attached hydrogens (tertiary/aromatic N) is 1. The molecule has 0 bridgehead atoms. The predicted octanol–water partition coefficient (Wildman–Crippen LogP) is 3.25. The lowest BCUT2D eigenvalue weighted by atomic mass is 10.3. The molecule has 0 aliphatic rings. The molecule has 0 fully saturated rings. The fraction of sp³-hybridized carbons (Fsp3) is 0.143. The number of rotatable bonds is 4. The number of nitrogens with two attached hydrogens (primary N) is 1. The molecule has 0 aliphatic carbocycles. The summed E-state index contributed by atoms with van der Waals surface area (Å²) >= 11 is 3.30. The number of halogens is 1. The van der Waals surface area contributed by atoms with E-state index in [0.717, 1.165) is 4.47 Å². The molecular formula is C14H15BrN2O2S. The van der Waals surface area contributed by atoms with Gasteiger partial charge in [-0.25, -0.2) is 8.42 Å². The average Bonchev–Trinajstić information content (AvgIpc) is 2.40. The van der Waals surface area contributed by atoms with Crippen LogP contribution in [0.3, 0.4) is 0 Å². The highest BCUT2D eigenvalue weighted by molar-refractivity contribution is 9.10. The maximum atomic E-state index is 12.7. The van der Waals surface area contributed by atoms with E-state index in [1.54, 1.807) is 55.5 Å². The summed E-state index contributed by atoms with van der Waals surface area (Å²) in [6.45, 7) is 2.13. The van der Waals surface area contributed by atoms with Crippen LogP contribution in [0.15, 0.2) is 57.9 Å². The quantitative estimate of drug-likeness (QED) is 0.857. The smallest absolute Gasteiger partial charge is 0.264 e. The van der Waals surface area contributed by atoms with Gasteiger partial charge in [0.05, 0.1) is 10.6 Å². The number of hydrogen-bond acceptors (Lipinski definition) is 3. The molecule has 6 heteroatoms. The molecule has 0 amide bonds. The Balaban J connectivity index is 2.47. The van der Waals surface area contributed by atoms with Crippen molar-refractivity contribution in [2.24, 2.45) is 0 Å². The maximum absolute atomic E-state index is 12.7. The largest absolute Gasteiger partial charge is 0.399 e. The first-order chi connectivity index (χ1) is 9.45. The summed E-state index contributed by atoms with van der Waals surface area (Å²) in [5, 5.41) is 0. The second kappa shape index (κ2) is 5.85. The topological polar surface area (TPSA) is 63.4 Å². The third kappa shape index (κ3) is 2.96. The fourth-order valence-electron chi connectivity index (χ4n) is 1.91. The molecule has 20 heavy (non-hydrogen) atoms. The van der Waals surface area contributed by atoms with E-state index in [1.165, 1.54) is 4.31 Å². The van der Waals surface area contributed by atoms with Crippen molar-refractivity contribution in [3.05, 3.63) is 53.0 Å². The predicted molar refractivity (Wildman–Crippen MR) is 85.2 cm³/mol. The zero-order valence-electron chi connectivity index (χ0n) is 11.0. The van der Waals surface area contributed by atoms with Gasteiger partial charge in [-0.05, 0) is 49.4 Å². The number of sulfonamides is 1. The first-order valence-electron chi connectivity index (χ1n) is 6.09. The molecule has 0 saturated heterocycles. The third-order valence-electron chi connectivity index (χ3n) is 2.85. The van der Waals surface area contributed by atoms with Gasteiger partial charge in [0.1, 0.15) is 0 Å². The highest BCUT2D eigenvalue weighted by Gasteiger charge is 2.23. The lowest BCUT2D eigenvalue weighted by Gasteiger charge is -2.23. The van der Waals surface area contributed by atoms with Gasteiger partial charge in [0.2, 0.25) is 0 Å². The van der Waals surface area contributed by atoms with Gasteiger partial charge in [0.15, 0.2) is 0 Å². The van der Waals surface area contributed by atoms with Gasteiger partial charge < -0.3 is 5.73 Å². The summed E-state index contributed by atoms with van der Waals surface area (Å²) < 4.78 is 27.5. The van der Waals surface area contributed by atoms with Gasteiger partial charge in [-0.2, -0.15) is 0 Å². The van der Waals surface area contributed by atoms with Crippen molar-refractivity contribution in [1.82, 2.24) is 0 Å². The normalized spacial score (nSPS) is 11.3. The Morgan fingerprint density at radius 3 is 2.35 bits per heavy atom. The van der Waals surface area contributed by atoms with Crippen molar-refractivity contribution in [3.8, 4) is 0 Å². The van der Waals surface area contributed by atoms with Crippen LogP contribution in [-0.4, -0.2) is 15.0 Å². The van der Waals surface area contributed by atoms with Crippen molar-refractivity contribution in [3.63, 3.8) is 0 Å². The van der Waals surface area contributed by atoms with Crippen LogP contribution in [-0.2, 0) is 10.0 Å². The molecule has 2 rings (SSSR count). The summed E-state index contributed by atoms with van der Waals surface area (Å²) in [7, 11) is -3.58. The van der Waals surface area contributed by atoms with E-state index in [2.05, 4.69) is 15.9 Å². The molecule has 4 nitrogen and oxygen atoms in total. The first kappa shape index (κ1) is 14.9. The lowest BCUT2D eigenvalue weighted by Crippen LogP contribution is -2.30. The molecule has 2 N–H and O–H groups in total. The van der Waals surface area contributed by atoms with Gasteiger partial charge in [0.25, 0.3) is 10.0 Å². The Kier molecular flexibility index (Phi) is 4.35. The van der Waals surface area contributed by atoms with E-state index in [-0.39, 0.29) is 4.90 Å². The van der Waals surface area contributed by atoms with Crippen LogP contribution >= 0.6 is 15.9 Å². The molecule has 106 valence electrons.